The number of ether oxygens (including phenoxy) is 1. The zero-order valence-electron chi connectivity index (χ0n) is 16.9. The predicted molar refractivity (Wildman–Crippen MR) is 122 cm³/mol. The summed E-state index contributed by atoms with van der Waals surface area (Å²) >= 11 is 7.66. The Kier molecular flexibility index (Phi) is 6.12. The normalized spacial score (nSPS) is 15.9. The van der Waals surface area contributed by atoms with Crippen molar-refractivity contribution in [2.24, 2.45) is 0 Å². The van der Waals surface area contributed by atoms with E-state index in [-0.39, 0.29) is 12.2 Å². The van der Waals surface area contributed by atoms with Gasteiger partial charge in [-0.15, -0.1) is 11.3 Å². The number of hydrogen-bond donors (Lipinski definition) is 1. The molecule has 0 saturated heterocycles. The first-order valence-corrected chi connectivity index (χ1v) is 11.1. The van der Waals surface area contributed by atoms with E-state index in [0.717, 1.165) is 0 Å². The van der Waals surface area contributed by atoms with Crippen LogP contribution in [0.3, 0.4) is 0 Å². The quantitative estimate of drug-likeness (QED) is 0.389. The molecule has 0 spiro atoms. The minimum absolute atomic E-state index is 0.0416. The van der Waals surface area contributed by atoms with Crippen molar-refractivity contribution >= 4 is 46.3 Å². The molecule has 1 aliphatic rings. The van der Waals surface area contributed by atoms with E-state index in [1.165, 1.54) is 28.4 Å². The van der Waals surface area contributed by atoms with Gasteiger partial charge in [0.05, 0.1) is 28.7 Å². The number of carbonyl (C=O) groups is 3. The Morgan fingerprint density at radius 3 is 2.44 bits per heavy atom. The molecule has 1 amide bonds. The number of esters is 1. The van der Waals surface area contributed by atoms with Crippen LogP contribution in [0.5, 0.6) is 0 Å². The molecule has 1 N–H and O–H groups in total. The highest BCUT2D eigenvalue weighted by Crippen LogP contribution is 2.44. The van der Waals surface area contributed by atoms with Gasteiger partial charge >= 0.3 is 5.97 Å². The second kappa shape index (κ2) is 8.98. The third kappa shape index (κ3) is 3.81. The molecular weight excluding hydrogens is 450 g/mol. The first kappa shape index (κ1) is 21.8. The first-order chi connectivity index (χ1) is 15.4. The summed E-state index contributed by atoms with van der Waals surface area (Å²) < 4.78 is 5.00. The summed E-state index contributed by atoms with van der Waals surface area (Å²) in [4.78, 5) is 40.1. The molecule has 162 valence electrons. The molecule has 32 heavy (non-hydrogen) atoms. The smallest absolute Gasteiger partial charge is 0.338 e. The minimum atomic E-state index is -0.931. The number of thiophene rings is 1. The van der Waals surface area contributed by atoms with Crippen molar-refractivity contribution in [2.45, 2.75) is 13.0 Å². The molecule has 2 aromatic carbocycles. The summed E-state index contributed by atoms with van der Waals surface area (Å²) in [6.07, 6.45) is 0. The summed E-state index contributed by atoms with van der Waals surface area (Å²) in [5.74, 6) is -2.27. The summed E-state index contributed by atoms with van der Waals surface area (Å²) in [6.45, 7) is 1.95. The Hall–Kier alpha value is -3.42. The highest BCUT2D eigenvalue weighted by atomic mass is 35.5. The number of rotatable bonds is 6. The van der Waals surface area contributed by atoms with E-state index in [2.05, 4.69) is 0 Å². The van der Waals surface area contributed by atoms with Crippen molar-refractivity contribution in [3.63, 3.8) is 0 Å². The molecule has 8 heteroatoms. The number of halogens is 1. The first-order valence-electron chi connectivity index (χ1n) is 9.80. The number of aliphatic hydroxyl groups is 1. The fourth-order valence-electron chi connectivity index (χ4n) is 3.61. The lowest BCUT2D eigenvalue weighted by Crippen LogP contribution is -2.31. The average Bonchev–Trinajstić information content (AvgIpc) is 3.42. The summed E-state index contributed by atoms with van der Waals surface area (Å²) in [6, 6.07) is 15.5. The van der Waals surface area contributed by atoms with Crippen LogP contribution < -0.4 is 4.90 Å². The molecule has 0 fully saturated rings. The number of Topliss-reactive ketones (excluding diaryl/α,β-unsaturated/α-hetero) is 1. The summed E-state index contributed by atoms with van der Waals surface area (Å²) in [7, 11) is 0. The highest BCUT2D eigenvalue weighted by molar-refractivity contribution is 7.12. The molecule has 4 rings (SSSR count). The fourth-order valence-corrected chi connectivity index (χ4v) is 4.52. The topological polar surface area (TPSA) is 83.9 Å². The van der Waals surface area contributed by atoms with Crippen LogP contribution in [0.15, 0.2) is 77.4 Å². The van der Waals surface area contributed by atoms with E-state index >= 15 is 0 Å². The largest absolute Gasteiger partial charge is 0.503 e. The van der Waals surface area contributed by atoms with Gasteiger partial charge in [0.15, 0.2) is 5.76 Å². The van der Waals surface area contributed by atoms with Crippen molar-refractivity contribution in [2.75, 3.05) is 11.5 Å². The van der Waals surface area contributed by atoms with Crippen LogP contribution in [0.1, 0.15) is 38.6 Å². The second-order valence-electron chi connectivity index (χ2n) is 6.94. The van der Waals surface area contributed by atoms with Gasteiger partial charge in [0.25, 0.3) is 5.91 Å². The van der Waals surface area contributed by atoms with Crippen LogP contribution in [0.25, 0.3) is 0 Å². The van der Waals surface area contributed by atoms with E-state index in [9.17, 15) is 19.5 Å². The van der Waals surface area contributed by atoms with Crippen LogP contribution >= 0.6 is 22.9 Å². The van der Waals surface area contributed by atoms with Gasteiger partial charge in [0, 0.05) is 10.7 Å². The zero-order chi connectivity index (χ0) is 22.8. The lowest BCUT2D eigenvalue weighted by Gasteiger charge is -2.27. The van der Waals surface area contributed by atoms with E-state index in [4.69, 9.17) is 16.3 Å². The van der Waals surface area contributed by atoms with Crippen molar-refractivity contribution in [1.82, 2.24) is 0 Å². The Labute approximate surface area is 193 Å². The lowest BCUT2D eigenvalue weighted by atomic mass is 9.95. The SMILES string of the molecule is CCOC(=O)c1ccc(N2C(=O)C(O)=C(C(=O)c3cccs3)[C@H]2c2ccccc2Cl)cc1. The van der Waals surface area contributed by atoms with Crippen molar-refractivity contribution < 1.29 is 24.2 Å². The number of hydrogen-bond acceptors (Lipinski definition) is 6. The van der Waals surface area contributed by atoms with E-state index < -0.39 is 29.5 Å². The van der Waals surface area contributed by atoms with Gasteiger partial charge in [-0.2, -0.15) is 0 Å². The number of carbonyl (C=O) groups excluding carboxylic acids is 3. The van der Waals surface area contributed by atoms with Crippen molar-refractivity contribution in [1.29, 1.82) is 0 Å². The maximum Gasteiger partial charge on any atom is 0.338 e. The number of amides is 1. The number of ketones is 1. The van der Waals surface area contributed by atoms with Crippen LogP contribution in [0, 0.1) is 0 Å². The molecule has 3 aromatic rings. The molecule has 1 aliphatic heterocycles. The summed E-state index contributed by atoms with van der Waals surface area (Å²) in [5.41, 5.74) is 1.18. The number of anilines is 1. The highest BCUT2D eigenvalue weighted by Gasteiger charge is 2.45. The van der Waals surface area contributed by atoms with Crippen LogP contribution in [0.4, 0.5) is 5.69 Å². The van der Waals surface area contributed by atoms with Gasteiger partial charge in [0.1, 0.15) is 0 Å². The summed E-state index contributed by atoms with van der Waals surface area (Å²) in [5, 5.41) is 12.8. The zero-order valence-corrected chi connectivity index (χ0v) is 18.5. The monoisotopic (exact) mass is 467 g/mol. The Morgan fingerprint density at radius 2 is 1.81 bits per heavy atom. The molecule has 0 bridgehead atoms. The van der Waals surface area contributed by atoms with E-state index in [1.807, 2.05) is 0 Å². The van der Waals surface area contributed by atoms with Gasteiger partial charge in [-0.3, -0.25) is 14.5 Å². The average molecular weight is 468 g/mol. The molecule has 6 nitrogen and oxygen atoms in total. The number of aliphatic hydroxyl groups excluding tert-OH is 1. The number of benzene rings is 2. The van der Waals surface area contributed by atoms with E-state index in [1.54, 1.807) is 60.8 Å². The standard InChI is InChI=1S/C24H18ClNO5S/c1-2-31-24(30)14-9-11-15(12-10-14)26-20(16-6-3-4-7-17(16)25)19(22(28)23(26)29)21(27)18-8-5-13-32-18/h3-13,20,28H,2H2,1H3/t20-/m1/s1. The molecule has 2 heterocycles. The van der Waals surface area contributed by atoms with Gasteiger partial charge in [-0.1, -0.05) is 35.9 Å². The maximum absolute atomic E-state index is 13.3. The predicted octanol–water partition coefficient (Wildman–Crippen LogP) is 5.36. The molecule has 0 radical (unpaired) electrons. The van der Waals surface area contributed by atoms with Crippen LogP contribution in [-0.4, -0.2) is 29.4 Å². The van der Waals surface area contributed by atoms with Crippen LogP contribution in [0.2, 0.25) is 5.02 Å². The Bertz CT molecular complexity index is 1220. The molecule has 0 saturated carbocycles. The molecule has 0 aliphatic carbocycles. The van der Waals surface area contributed by atoms with Crippen LogP contribution in [-0.2, 0) is 9.53 Å². The van der Waals surface area contributed by atoms with E-state index in [0.29, 0.717) is 26.7 Å². The molecule has 1 atom stereocenters. The molecule has 1 aromatic heterocycles. The van der Waals surface area contributed by atoms with Gasteiger partial charge in [-0.05, 0) is 54.3 Å². The second-order valence-corrected chi connectivity index (χ2v) is 8.29. The van der Waals surface area contributed by atoms with Gasteiger partial charge in [-0.25, -0.2) is 4.79 Å². The van der Waals surface area contributed by atoms with Gasteiger partial charge in [0.2, 0.25) is 5.78 Å². The number of nitrogens with zero attached hydrogens (tertiary/aromatic N) is 1. The third-order valence-corrected chi connectivity index (χ3v) is 6.27. The Balaban J connectivity index is 1.82. The van der Waals surface area contributed by atoms with Crippen molar-refractivity contribution in [3.8, 4) is 0 Å². The lowest BCUT2D eigenvalue weighted by molar-refractivity contribution is -0.117. The minimum Gasteiger partial charge on any atom is -0.503 e. The Morgan fingerprint density at radius 1 is 1.09 bits per heavy atom. The maximum atomic E-state index is 13.3. The molecular formula is C24H18ClNO5S. The molecule has 0 unspecified atom stereocenters. The fraction of sp³-hybridized carbons (Fsp3) is 0.125. The third-order valence-electron chi connectivity index (χ3n) is 5.05. The van der Waals surface area contributed by atoms with Gasteiger partial charge < -0.3 is 9.84 Å². The van der Waals surface area contributed by atoms with Crippen molar-refractivity contribution in [3.05, 3.63) is 98.4 Å².